The third-order valence-corrected chi connectivity index (χ3v) is 4.50. The smallest absolute Gasteiger partial charge is 0.183 e. The van der Waals surface area contributed by atoms with Crippen molar-refractivity contribution >= 4 is 34.3 Å². The molecule has 0 bridgehead atoms. The molecule has 1 aliphatic rings. The predicted octanol–water partition coefficient (Wildman–Crippen LogP) is 4.15. The molecular weight excluding hydrogens is 297 g/mol. The van der Waals surface area contributed by atoms with Crippen molar-refractivity contribution in [2.45, 2.75) is 19.4 Å². The Bertz CT molecular complexity index is 596. The summed E-state index contributed by atoms with van der Waals surface area (Å²) in [5.41, 5.74) is 1.48. The number of nitrogens with zero attached hydrogens (tertiary/aromatic N) is 2. The van der Waals surface area contributed by atoms with Gasteiger partial charge in [-0.15, -0.1) is 11.3 Å². The zero-order valence-electron chi connectivity index (χ0n) is 10.9. The van der Waals surface area contributed by atoms with Crippen LogP contribution in [-0.4, -0.2) is 18.1 Å². The first-order chi connectivity index (χ1) is 9.72. The van der Waals surface area contributed by atoms with Gasteiger partial charge in [0.15, 0.2) is 4.47 Å². The van der Waals surface area contributed by atoms with Crippen molar-refractivity contribution in [2.24, 2.45) is 0 Å². The van der Waals surface area contributed by atoms with Crippen molar-refractivity contribution < 1.29 is 4.39 Å². The Morgan fingerprint density at radius 2 is 2.15 bits per heavy atom. The van der Waals surface area contributed by atoms with Crippen LogP contribution in [0.5, 0.6) is 0 Å². The van der Waals surface area contributed by atoms with E-state index < -0.39 is 0 Å². The molecule has 1 fully saturated rings. The summed E-state index contributed by atoms with van der Waals surface area (Å²) in [5, 5.41) is 3.19. The molecular formula is C14H15ClFN3S. The first-order valence-electron chi connectivity index (χ1n) is 6.61. The average Bonchev–Trinajstić information content (AvgIpc) is 3.08. The molecule has 3 nitrogen and oxygen atoms in total. The van der Waals surface area contributed by atoms with Crippen molar-refractivity contribution in [1.82, 2.24) is 4.98 Å². The lowest BCUT2D eigenvalue weighted by atomic mass is 10.2. The fourth-order valence-corrected chi connectivity index (χ4v) is 3.30. The number of benzene rings is 1. The molecule has 0 amide bonds. The fourth-order valence-electron chi connectivity index (χ4n) is 2.39. The first-order valence-corrected chi connectivity index (χ1v) is 7.80. The van der Waals surface area contributed by atoms with E-state index >= 15 is 0 Å². The predicted molar refractivity (Wildman–Crippen MR) is 82.3 cm³/mol. The molecule has 1 aliphatic heterocycles. The molecule has 6 heteroatoms. The second-order valence-electron chi connectivity index (χ2n) is 4.79. The van der Waals surface area contributed by atoms with Crippen molar-refractivity contribution in [3.8, 4) is 0 Å². The second-order valence-corrected chi connectivity index (χ2v) is 6.49. The number of rotatable bonds is 4. The van der Waals surface area contributed by atoms with E-state index in [2.05, 4.69) is 15.2 Å². The van der Waals surface area contributed by atoms with Crippen LogP contribution in [0.3, 0.4) is 0 Å². The monoisotopic (exact) mass is 311 g/mol. The summed E-state index contributed by atoms with van der Waals surface area (Å²) in [5.74, 6) is -0.167. The molecule has 20 heavy (non-hydrogen) atoms. The summed E-state index contributed by atoms with van der Waals surface area (Å²) in [4.78, 5) is 7.10. The highest BCUT2D eigenvalue weighted by Gasteiger charge is 2.16. The lowest BCUT2D eigenvalue weighted by Crippen LogP contribution is -2.18. The minimum Gasteiger partial charge on any atom is -0.380 e. The van der Waals surface area contributed by atoms with Crippen LogP contribution in [0.2, 0.25) is 4.47 Å². The van der Waals surface area contributed by atoms with E-state index in [1.54, 1.807) is 12.3 Å². The number of hydrogen-bond acceptors (Lipinski definition) is 4. The minimum atomic E-state index is -0.167. The Balaban J connectivity index is 1.67. The summed E-state index contributed by atoms with van der Waals surface area (Å²) in [6, 6.07) is 5.32. The molecule has 1 aromatic heterocycles. The molecule has 2 aromatic rings. The van der Waals surface area contributed by atoms with Gasteiger partial charge >= 0.3 is 0 Å². The number of halogens is 2. The van der Waals surface area contributed by atoms with E-state index in [-0.39, 0.29) is 5.82 Å². The lowest BCUT2D eigenvalue weighted by molar-refractivity contribution is 0.623. The van der Waals surface area contributed by atoms with Crippen molar-refractivity contribution in [3.05, 3.63) is 39.6 Å². The molecule has 0 radical (unpaired) electrons. The molecule has 2 heterocycles. The van der Waals surface area contributed by atoms with Crippen LogP contribution < -0.4 is 10.2 Å². The van der Waals surface area contributed by atoms with Crippen molar-refractivity contribution in [1.29, 1.82) is 0 Å². The van der Waals surface area contributed by atoms with Gasteiger partial charge in [-0.05, 0) is 31.0 Å². The van der Waals surface area contributed by atoms with Crippen LogP contribution in [0, 0.1) is 5.82 Å². The number of aromatic nitrogens is 1. The quantitative estimate of drug-likeness (QED) is 0.919. The van der Waals surface area contributed by atoms with Gasteiger partial charge in [-0.25, -0.2) is 9.37 Å². The Morgan fingerprint density at radius 1 is 1.35 bits per heavy atom. The van der Waals surface area contributed by atoms with Crippen LogP contribution in [0.4, 0.5) is 15.8 Å². The van der Waals surface area contributed by atoms with E-state index in [9.17, 15) is 4.39 Å². The molecule has 0 unspecified atom stereocenters. The van der Waals surface area contributed by atoms with Gasteiger partial charge in [-0.1, -0.05) is 11.6 Å². The normalized spacial score (nSPS) is 14.8. The topological polar surface area (TPSA) is 28.2 Å². The number of nitrogens with one attached hydrogen (secondary N) is 1. The summed E-state index contributed by atoms with van der Waals surface area (Å²) >= 11 is 7.20. The standard InChI is InChI=1S/C14H15ClFN3S/c15-14-18-9-11(20-14)8-17-10-3-4-13(12(16)7-10)19-5-1-2-6-19/h3-4,7,9,17H,1-2,5-6,8H2. The van der Waals surface area contributed by atoms with Crippen LogP contribution in [0.1, 0.15) is 17.7 Å². The van der Waals surface area contributed by atoms with Gasteiger partial charge in [0, 0.05) is 29.9 Å². The maximum atomic E-state index is 14.1. The summed E-state index contributed by atoms with van der Waals surface area (Å²) in [6.07, 6.45) is 4.02. The van der Waals surface area contributed by atoms with E-state index in [1.165, 1.54) is 11.3 Å². The maximum absolute atomic E-state index is 14.1. The van der Waals surface area contributed by atoms with Gasteiger partial charge in [-0.2, -0.15) is 0 Å². The Labute approximate surface area is 126 Å². The SMILES string of the molecule is Fc1cc(NCc2cnc(Cl)s2)ccc1N1CCCC1. The molecule has 0 aliphatic carbocycles. The molecule has 1 saturated heterocycles. The summed E-state index contributed by atoms with van der Waals surface area (Å²) in [7, 11) is 0. The molecule has 106 valence electrons. The van der Waals surface area contributed by atoms with Crippen LogP contribution >= 0.6 is 22.9 Å². The van der Waals surface area contributed by atoms with Gasteiger partial charge in [0.25, 0.3) is 0 Å². The van der Waals surface area contributed by atoms with Gasteiger partial charge in [0.1, 0.15) is 5.82 Å². The van der Waals surface area contributed by atoms with Gasteiger partial charge in [0.05, 0.1) is 12.2 Å². The molecule has 1 N–H and O–H groups in total. The Kier molecular flexibility index (Phi) is 4.08. The summed E-state index contributed by atoms with van der Waals surface area (Å²) < 4.78 is 14.6. The van der Waals surface area contributed by atoms with Gasteiger partial charge < -0.3 is 10.2 Å². The van der Waals surface area contributed by atoms with Gasteiger partial charge in [-0.3, -0.25) is 0 Å². The third kappa shape index (κ3) is 3.04. The average molecular weight is 312 g/mol. The van der Waals surface area contributed by atoms with E-state index in [0.29, 0.717) is 16.7 Å². The van der Waals surface area contributed by atoms with Crippen LogP contribution in [0.15, 0.2) is 24.4 Å². The molecule has 0 saturated carbocycles. The number of thiazole rings is 1. The van der Waals surface area contributed by atoms with Gasteiger partial charge in [0.2, 0.25) is 0 Å². The number of hydrogen-bond donors (Lipinski definition) is 1. The Hall–Kier alpha value is -1.33. The zero-order valence-corrected chi connectivity index (χ0v) is 12.5. The highest BCUT2D eigenvalue weighted by Crippen LogP contribution is 2.26. The Morgan fingerprint density at radius 3 is 2.80 bits per heavy atom. The molecule has 1 aromatic carbocycles. The van der Waals surface area contributed by atoms with E-state index in [0.717, 1.165) is 36.5 Å². The molecule has 3 rings (SSSR count). The highest BCUT2D eigenvalue weighted by atomic mass is 35.5. The maximum Gasteiger partial charge on any atom is 0.183 e. The van der Waals surface area contributed by atoms with Crippen LogP contribution in [-0.2, 0) is 6.54 Å². The van der Waals surface area contributed by atoms with Crippen LogP contribution in [0.25, 0.3) is 0 Å². The van der Waals surface area contributed by atoms with E-state index in [4.69, 9.17) is 11.6 Å². The lowest BCUT2D eigenvalue weighted by Gasteiger charge is -2.19. The molecule has 0 atom stereocenters. The number of anilines is 2. The van der Waals surface area contributed by atoms with E-state index in [1.807, 2.05) is 12.1 Å². The highest BCUT2D eigenvalue weighted by molar-refractivity contribution is 7.15. The largest absolute Gasteiger partial charge is 0.380 e. The fraction of sp³-hybridized carbons (Fsp3) is 0.357. The minimum absolute atomic E-state index is 0.167. The first kappa shape index (κ1) is 13.6. The zero-order chi connectivity index (χ0) is 13.9. The van der Waals surface area contributed by atoms with Crippen molar-refractivity contribution in [3.63, 3.8) is 0 Å². The van der Waals surface area contributed by atoms with Crippen molar-refractivity contribution in [2.75, 3.05) is 23.3 Å². The molecule has 0 spiro atoms. The summed E-state index contributed by atoms with van der Waals surface area (Å²) in [6.45, 7) is 2.50. The second kappa shape index (κ2) is 5.97. The third-order valence-electron chi connectivity index (χ3n) is 3.39.